The van der Waals surface area contributed by atoms with E-state index >= 15 is 0 Å². The fourth-order valence-electron chi connectivity index (χ4n) is 4.00. The van der Waals surface area contributed by atoms with Gasteiger partial charge in [0.05, 0.1) is 19.7 Å². The van der Waals surface area contributed by atoms with Crippen molar-refractivity contribution in [2.75, 3.05) is 50.6 Å². The van der Waals surface area contributed by atoms with Crippen molar-refractivity contribution in [1.29, 1.82) is 0 Å². The van der Waals surface area contributed by atoms with Gasteiger partial charge in [-0.1, -0.05) is 0 Å². The number of halogens is 2. The predicted octanol–water partition coefficient (Wildman–Crippen LogP) is 3.64. The summed E-state index contributed by atoms with van der Waals surface area (Å²) in [6.45, 7) is 4.14. The van der Waals surface area contributed by atoms with E-state index in [0.29, 0.717) is 23.5 Å². The number of hydrogen-bond donors (Lipinski definition) is 2. The highest BCUT2D eigenvalue weighted by atomic mass is 35.5. The molecule has 2 fully saturated rings. The molecule has 0 saturated carbocycles. The molecule has 2 aromatic rings. The first kappa shape index (κ1) is 23.6. The van der Waals surface area contributed by atoms with E-state index in [1.165, 1.54) is 19.3 Å². The predicted molar refractivity (Wildman–Crippen MR) is 123 cm³/mol. The molecule has 0 amide bonds. The van der Waals surface area contributed by atoms with E-state index in [0.717, 1.165) is 55.7 Å². The number of anilines is 2. The molecule has 162 valence electrons. The van der Waals surface area contributed by atoms with E-state index in [4.69, 9.17) is 19.4 Å². The van der Waals surface area contributed by atoms with Crippen LogP contribution in [0.5, 0.6) is 11.5 Å². The van der Waals surface area contributed by atoms with Crippen LogP contribution in [-0.4, -0.2) is 56.4 Å². The fourth-order valence-corrected chi connectivity index (χ4v) is 4.00. The van der Waals surface area contributed by atoms with Crippen LogP contribution in [0.3, 0.4) is 0 Å². The molecule has 2 aliphatic rings. The Labute approximate surface area is 184 Å². The third-order valence-electron chi connectivity index (χ3n) is 5.51. The van der Waals surface area contributed by atoms with Crippen molar-refractivity contribution in [1.82, 2.24) is 15.3 Å². The number of ether oxygens (including phenoxy) is 2. The van der Waals surface area contributed by atoms with Crippen LogP contribution in [0.25, 0.3) is 10.9 Å². The summed E-state index contributed by atoms with van der Waals surface area (Å²) in [4.78, 5) is 12.1. The van der Waals surface area contributed by atoms with E-state index in [9.17, 15) is 0 Å². The minimum atomic E-state index is 0. The molecule has 2 N–H and O–H groups in total. The molecule has 3 heterocycles. The number of nitrogens with one attached hydrogen (secondary N) is 2. The molecule has 4 rings (SSSR count). The van der Waals surface area contributed by atoms with Gasteiger partial charge in [0.25, 0.3) is 0 Å². The lowest BCUT2D eigenvalue weighted by Gasteiger charge is -2.30. The van der Waals surface area contributed by atoms with Crippen molar-refractivity contribution in [2.45, 2.75) is 38.1 Å². The Morgan fingerprint density at radius 3 is 2.28 bits per heavy atom. The minimum Gasteiger partial charge on any atom is -0.493 e. The number of methoxy groups -OCH3 is 2. The van der Waals surface area contributed by atoms with Crippen LogP contribution in [-0.2, 0) is 0 Å². The highest BCUT2D eigenvalue weighted by molar-refractivity contribution is 5.93. The lowest BCUT2D eigenvalue weighted by atomic mass is 10.1. The van der Waals surface area contributed by atoms with Gasteiger partial charge in [-0.15, -0.1) is 24.8 Å². The molecular weight excluding hydrogens is 413 g/mol. The third kappa shape index (κ3) is 5.27. The first-order valence-electron chi connectivity index (χ1n) is 9.94. The number of hydrogen-bond acceptors (Lipinski definition) is 7. The van der Waals surface area contributed by atoms with Gasteiger partial charge < -0.3 is 25.0 Å². The van der Waals surface area contributed by atoms with Crippen molar-refractivity contribution in [3.8, 4) is 11.5 Å². The quantitative estimate of drug-likeness (QED) is 0.730. The summed E-state index contributed by atoms with van der Waals surface area (Å²) in [5.74, 6) is 3.12. The van der Waals surface area contributed by atoms with Gasteiger partial charge in [-0.05, 0) is 51.3 Å². The van der Waals surface area contributed by atoms with Crippen LogP contribution < -0.4 is 25.0 Å². The molecular formula is C20H31Cl2N5O2. The van der Waals surface area contributed by atoms with Gasteiger partial charge in [-0.25, -0.2) is 4.98 Å². The molecule has 2 aliphatic heterocycles. The molecule has 1 aromatic heterocycles. The van der Waals surface area contributed by atoms with Gasteiger partial charge in [-0.3, -0.25) is 0 Å². The topological polar surface area (TPSA) is 71.5 Å². The van der Waals surface area contributed by atoms with Gasteiger partial charge in [0, 0.05) is 30.6 Å². The van der Waals surface area contributed by atoms with Gasteiger partial charge in [0.2, 0.25) is 5.95 Å². The summed E-state index contributed by atoms with van der Waals surface area (Å²) in [6.07, 6.45) is 5.88. The third-order valence-corrected chi connectivity index (χ3v) is 5.51. The summed E-state index contributed by atoms with van der Waals surface area (Å²) in [7, 11) is 3.32. The van der Waals surface area contributed by atoms with Gasteiger partial charge in [0.15, 0.2) is 11.5 Å². The van der Waals surface area contributed by atoms with Crippen LogP contribution in [0, 0.1) is 0 Å². The molecule has 0 unspecified atom stereocenters. The molecule has 29 heavy (non-hydrogen) atoms. The first-order chi connectivity index (χ1) is 13.3. The Kier molecular flexibility index (Phi) is 8.86. The van der Waals surface area contributed by atoms with Crippen molar-refractivity contribution in [3.63, 3.8) is 0 Å². The normalized spacial score (nSPS) is 17.2. The Balaban J connectivity index is 0.00000150. The van der Waals surface area contributed by atoms with Crippen molar-refractivity contribution >= 4 is 47.5 Å². The molecule has 0 spiro atoms. The van der Waals surface area contributed by atoms with E-state index in [1.54, 1.807) is 14.2 Å². The molecule has 2 saturated heterocycles. The molecule has 0 radical (unpaired) electrons. The molecule has 7 nitrogen and oxygen atoms in total. The van der Waals surface area contributed by atoms with Gasteiger partial charge in [-0.2, -0.15) is 4.98 Å². The van der Waals surface area contributed by atoms with E-state index in [1.807, 2.05) is 12.1 Å². The summed E-state index contributed by atoms with van der Waals surface area (Å²) in [5, 5.41) is 7.98. The molecule has 0 bridgehead atoms. The zero-order valence-corrected chi connectivity index (χ0v) is 18.7. The zero-order chi connectivity index (χ0) is 18.6. The average molecular weight is 444 g/mol. The largest absolute Gasteiger partial charge is 0.493 e. The summed E-state index contributed by atoms with van der Waals surface area (Å²) >= 11 is 0. The maximum absolute atomic E-state index is 5.52. The van der Waals surface area contributed by atoms with Crippen LogP contribution >= 0.6 is 24.8 Å². The minimum absolute atomic E-state index is 0. The second kappa shape index (κ2) is 10.9. The lowest BCUT2D eigenvalue weighted by molar-refractivity contribution is 0.356. The van der Waals surface area contributed by atoms with Crippen molar-refractivity contribution < 1.29 is 9.47 Å². The maximum atomic E-state index is 5.52. The molecule has 9 heteroatoms. The van der Waals surface area contributed by atoms with Crippen LogP contribution in [0.15, 0.2) is 12.1 Å². The molecule has 0 atom stereocenters. The lowest BCUT2D eigenvalue weighted by Crippen LogP contribution is -2.36. The fraction of sp³-hybridized carbons (Fsp3) is 0.600. The number of benzene rings is 1. The number of aromatic nitrogens is 2. The van der Waals surface area contributed by atoms with E-state index in [-0.39, 0.29) is 24.8 Å². The first-order valence-corrected chi connectivity index (χ1v) is 9.94. The zero-order valence-electron chi connectivity index (χ0n) is 17.1. The Morgan fingerprint density at radius 1 is 0.966 bits per heavy atom. The average Bonchev–Trinajstić information content (AvgIpc) is 2.73. The number of piperidine rings is 2. The Bertz CT molecular complexity index is 796. The summed E-state index contributed by atoms with van der Waals surface area (Å²) < 4.78 is 11.0. The monoisotopic (exact) mass is 443 g/mol. The van der Waals surface area contributed by atoms with Crippen molar-refractivity contribution in [2.24, 2.45) is 0 Å². The molecule has 1 aromatic carbocycles. The summed E-state index contributed by atoms with van der Waals surface area (Å²) in [6, 6.07) is 4.38. The van der Waals surface area contributed by atoms with E-state index < -0.39 is 0 Å². The smallest absolute Gasteiger partial charge is 0.225 e. The number of fused-ring (bicyclic) bond motifs is 1. The molecule has 0 aliphatic carbocycles. The maximum Gasteiger partial charge on any atom is 0.225 e. The Hall–Kier alpha value is -1.70. The number of nitrogens with zero attached hydrogens (tertiary/aromatic N) is 3. The second-order valence-electron chi connectivity index (χ2n) is 7.31. The Morgan fingerprint density at radius 2 is 1.62 bits per heavy atom. The standard InChI is InChI=1S/C20H29N5O2.2ClH/c1-26-17-12-15-16(13-18(17)27-2)23-20(22-14-6-8-21-9-7-14)24-19(15)25-10-4-3-5-11-25;;/h12-14,21H,3-11H2,1-2H3,(H,22,23,24);2*1H. The van der Waals surface area contributed by atoms with Gasteiger partial charge in [0.1, 0.15) is 5.82 Å². The summed E-state index contributed by atoms with van der Waals surface area (Å²) in [5.41, 5.74) is 0.889. The van der Waals surface area contributed by atoms with Crippen LogP contribution in [0.4, 0.5) is 11.8 Å². The van der Waals surface area contributed by atoms with Crippen LogP contribution in [0.1, 0.15) is 32.1 Å². The van der Waals surface area contributed by atoms with Gasteiger partial charge >= 0.3 is 0 Å². The second-order valence-corrected chi connectivity index (χ2v) is 7.31. The highest BCUT2D eigenvalue weighted by Gasteiger charge is 2.21. The van der Waals surface area contributed by atoms with Crippen LogP contribution in [0.2, 0.25) is 0 Å². The number of rotatable bonds is 5. The van der Waals surface area contributed by atoms with E-state index in [2.05, 4.69) is 15.5 Å². The SMILES string of the molecule is COc1cc2nc(NC3CCNCC3)nc(N3CCCCC3)c2cc1OC.Cl.Cl. The van der Waals surface area contributed by atoms with Crippen molar-refractivity contribution in [3.05, 3.63) is 12.1 Å². The highest BCUT2D eigenvalue weighted by Crippen LogP contribution is 2.36.